The minimum atomic E-state index is -0.762. The highest BCUT2D eigenvalue weighted by Crippen LogP contribution is 2.09. The van der Waals surface area contributed by atoms with Crippen molar-refractivity contribution in [1.29, 1.82) is 0 Å². The molecule has 21 heavy (non-hydrogen) atoms. The molecule has 0 unspecified atom stereocenters. The Hall–Kier alpha value is -2.04. The van der Waals surface area contributed by atoms with Crippen molar-refractivity contribution in [1.82, 2.24) is 5.32 Å². The van der Waals surface area contributed by atoms with Gasteiger partial charge >= 0.3 is 12.1 Å². The van der Waals surface area contributed by atoms with Crippen molar-refractivity contribution < 1.29 is 19.1 Å². The predicted octanol–water partition coefficient (Wildman–Crippen LogP) is 2.69. The van der Waals surface area contributed by atoms with Crippen molar-refractivity contribution >= 4 is 12.1 Å². The molecule has 0 radical (unpaired) electrons. The average Bonchev–Trinajstić information content (AvgIpc) is 2.37. The highest BCUT2D eigenvalue weighted by atomic mass is 16.6. The van der Waals surface area contributed by atoms with Gasteiger partial charge in [0.05, 0.1) is 6.61 Å². The summed E-state index contributed by atoms with van der Waals surface area (Å²) in [5.41, 5.74) is 0.322. The van der Waals surface area contributed by atoms with E-state index in [2.05, 4.69) is 5.32 Å². The zero-order valence-corrected chi connectivity index (χ0v) is 13.0. The monoisotopic (exact) mass is 299 g/mol. The Morgan fingerprint density at radius 3 is 2.33 bits per heavy atom. The van der Waals surface area contributed by atoms with Gasteiger partial charge in [-0.15, -0.1) is 0 Å². The van der Waals surface area contributed by atoms with Crippen LogP contribution in [0, 0.1) is 0 Å². The molecule has 0 saturated heterocycles. The average molecular weight is 299 g/mol. The fraction of sp³-hybridized carbons (Fsp3) is 0.500. The lowest BCUT2D eigenvalue weighted by molar-refractivity contribution is -0.145. The van der Waals surface area contributed by atoms with Crippen molar-refractivity contribution in [3.8, 4) is 0 Å². The van der Waals surface area contributed by atoms with Gasteiger partial charge in [-0.1, -0.05) is 30.3 Å². The summed E-state index contributed by atoms with van der Waals surface area (Å²) in [5.74, 6) is -0.466. The van der Waals surface area contributed by atoms with Gasteiger partial charge in [0.1, 0.15) is 11.6 Å². The number of amides is 1. The lowest BCUT2D eigenvalue weighted by Crippen LogP contribution is -2.45. The summed E-state index contributed by atoms with van der Waals surface area (Å²) < 4.78 is 10.2. The summed E-state index contributed by atoms with van der Waals surface area (Å²) in [7, 11) is 0. The van der Waals surface area contributed by atoms with Gasteiger partial charge in [-0.2, -0.15) is 0 Å². The maximum Gasteiger partial charge on any atom is 0.408 e. The molecule has 1 amide bonds. The zero-order valence-electron chi connectivity index (χ0n) is 13.0. The summed E-state index contributed by atoms with van der Waals surface area (Å²) in [5, 5.41) is 2.57. The largest absolute Gasteiger partial charge is 0.464 e. The third-order valence-electron chi connectivity index (χ3n) is 2.54. The number of carbonyl (C=O) groups excluding carboxylic acids is 2. The number of benzene rings is 1. The first-order chi connectivity index (χ1) is 9.81. The van der Waals surface area contributed by atoms with Crippen LogP contribution in [0.4, 0.5) is 4.79 Å². The summed E-state index contributed by atoms with van der Waals surface area (Å²) in [6.07, 6.45) is -0.268. The molecule has 0 fully saturated rings. The van der Waals surface area contributed by atoms with E-state index in [0.29, 0.717) is 6.42 Å². The van der Waals surface area contributed by atoms with E-state index in [4.69, 9.17) is 9.47 Å². The van der Waals surface area contributed by atoms with Crippen LogP contribution in [0.3, 0.4) is 0 Å². The Morgan fingerprint density at radius 2 is 1.81 bits per heavy atom. The smallest absolute Gasteiger partial charge is 0.408 e. The van der Waals surface area contributed by atoms with Gasteiger partial charge < -0.3 is 14.8 Å². The van der Waals surface area contributed by atoms with E-state index in [1.807, 2.05) is 30.3 Å². The van der Waals surface area contributed by atoms with Crippen LogP contribution in [0.5, 0.6) is 0 Å². The third-order valence-corrected chi connectivity index (χ3v) is 2.54. The lowest BCUT2D eigenvalue weighted by Gasteiger charge is -2.23. The molecular formula is C16H23NO4. The fourth-order valence-electron chi connectivity index (χ4n) is 1.74. The molecule has 0 bridgehead atoms. The van der Waals surface area contributed by atoms with E-state index < -0.39 is 23.7 Å². The van der Waals surface area contributed by atoms with Crippen molar-refractivity contribution in [2.24, 2.45) is 0 Å². The van der Waals surface area contributed by atoms with E-state index in [9.17, 15) is 9.59 Å². The van der Waals surface area contributed by atoms with Crippen LogP contribution >= 0.6 is 0 Å². The minimum Gasteiger partial charge on any atom is -0.464 e. The lowest BCUT2D eigenvalue weighted by atomic mass is 10.2. The SMILES string of the molecule is CCOC(=O)[C@H](C[13c]1[13cH][13cH][13cH][13cH][13cH]1)NC(=O)OC(C)(C)C. The second kappa shape index (κ2) is 7.67. The van der Waals surface area contributed by atoms with Crippen LogP contribution in [0.2, 0.25) is 0 Å². The molecule has 0 aliphatic heterocycles. The number of carbonyl (C=O) groups is 2. The number of hydrogen-bond donors (Lipinski definition) is 1. The number of rotatable bonds is 5. The molecule has 1 atom stereocenters. The third kappa shape index (κ3) is 6.79. The standard InChI is InChI=1S/C16H23NO4/c1-5-20-14(18)13(11-12-9-7-6-8-10-12)17-15(19)21-16(2,3)4/h6-10,13H,5,11H2,1-4H3,(H,17,19)/t13-/m0/s1/i6+1,7+1,8+1,9+1,10+1,12+1. The topological polar surface area (TPSA) is 64.6 Å². The van der Waals surface area contributed by atoms with Crippen molar-refractivity contribution in [3.63, 3.8) is 0 Å². The number of ether oxygens (including phenoxy) is 2. The molecule has 5 nitrogen and oxygen atoms in total. The summed E-state index contributed by atoms with van der Waals surface area (Å²) >= 11 is 0. The van der Waals surface area contributed by atoms with E-state index in [1.54, 1.807) is 27.7 Å². The molecule has 5 heteroatoms. The van der Waals surface area contributed by atoms with Gasteiger partial charge in [-0.05, 0) is 33.3 Å². The molecule has 0 saturated carbocycles. The highest BCUT2D eigenvalue weighted by Gasteiger charge is 2.25. The Bertz CT molecular complexity index is 465. The first kappa shape index (κ1) is 17.0. The van der Waals surface area contributed by atoms with Crippen LogP contribution in [-0.4, -0.2) is 30.3 Å². The number of alkyl carbamates (subject to hydrolysis) is 1. The number of hydrogen-bond acceptors (Lipinski definition) is 4. The second-order valence-electron chi connectivity index (χ2n) is 5.64. The van der Waals surface area contributed by atoms with Crippen molar-refractivity contribution in [2.75, 3.05) is 6.61 Å². The predicted molar refractivity (Wildman–Crippen MR) is 79.9 cm³/mol. The first-order valence-corrected chi connectivity index (χ1v) is 7.02. The molecule has 1 aromatic rings. The highest BCUT2D eigenvalue weighted by molar-refractivity contribution is 5.81. The summed E-state index contributed by atoms with van der Waals surface area (Å²) in [6, 6.07) is 8.67. The normalized spacial score (nSPS) is 12.4. The molecule has 116 valence electrons. The van der Waals surface area contributed by atoms with E-state index in [-0.39, 0.29) is 6.61 Å². The Balaban J connectivity index is 2.73. The zero-order chi connectivity index (χ0) is 15.9. The quantitative estimate of drug-likeness (QED) is 0.849. The number of nitrogens with one attached hydrogen (secondary N) is 1. The Labute approximate surface area is 125 Å². The Kier molecular flexibility index (Phi) is 6.21. The van der Waals surface area contributed by atoms with Crippen LogP contribution in [0.1, 0.15) is 33.3 Å². The van der Waals surface area contributed by atoms with Gasteiger partial charge in [-0.25, -0.2) is 9.59 Å². The molecule has 0 heterocycles. The first-order valence-electron chi connectivity index (χ1n) is 7.02. The van der Waals surface area contributed by atoms with Gasteiger partial charge in [0.2, 0.25) is 0 Å². The second-order valence-corrected chi connectivity index (χ2v) is 5.64. The van der Waals surface area contributed by atoms with Gasteiger partial charge in [0, 0.05) is 6.42 Å². The Morgan fingerprint density at radius 1 is 1.19 bits per heavy atom. The summed E-state index contributed by atoms with van der Waals surface area (Å²) in [6.45, 7) is 7.29. The minimum absolute atomic E-state index is 0.264. The van der Waals surface area contributed by atoms with Gasteiger partial charge in [-0.3, -0.25) is 0 Å². The molecule has 0 spiro atoms. The molecule has 0 aromatic heterocycles. The molecule has 0 aliphatic carbocycles. The maximum atomic E-state index is 12.0. The maximum absolute atomic E-state index is 12.0. The van der Waals surface area contributed by atoms with E-state index in [1.165, 1.54) is 0 Å². The summed E-state index contributed by atoms with van der Waals surface area (Å²) in [4.78, 5) is 23.8. The van der Waals surface area contributed by atoms with Crippen LogP contribution in [0.25, 0.3) is 0 Å². The molecule has 1 rings (SSSR count). The molecule has 1 N–H and O–H groups in total. The molecular weight excluding hydrogens is 276 g/mol. The van der Waals surface area contributed by atoms with Gasteiger partial charge in [0.25, 0.3) is 0 Å². The van der Waals surface area contributed by atoms with Crippen molar-refractivity contribution in [3.05, 3.63) is 35.9 Å². The van der Waals surface area contributed by atoms with Crippen molar-refractivity contribution in [2.45, 2.75) is 45.8 Å². The van der Waals surface area contributed by atoms with Gasteiger partial charge in [0.15, 0.2) is 0 Å². The van der Waals surface area contributed by atoms with E-state index >= 15 is 0 Å². The number of esters is 1. The van der Waals surface area contributed by atoms with E-state index in [0.717, 1.165) is 5.56 Å². The van der Waals surface area contributed by atoms with Crippen LogP contribution < -0.4 is 5.32 Å². The van der Waals surface area contributed by atoms with Crippen LogP contribution in [0.15, 0.2) is 30.3 Å². The molecule has 0 aliphatic rings. The van der Waals surface area contributed by atoms with Crippen LogP contribution in [-0.2, 0) is 20.7 Å². The fourth-order valence-corrected chi connectivity index (χ4v) is 1.74. The molecule has 1 aromatic carbocycles.